The molecule has 16 heavy (non-hydrogen) atoms. The molecular weight excluding hydrogens is 224 g/mol. The molecule has 1 N–H and O–H groups in total. The molecule has 0 bridgehead atoms. The molecule has 1 rings (SSSR count). The molecule has 0 aliphatic heterocycles. The standard InChI is InChI=1S/C6H8N2S.C5H10O2/c1-7-5-2-3-8-4-6(5)9;1-5(2,3)7-4-6/h2-4,9H,1H3,(H,7,8);4H,1-3H3. The van der Waals surface area contributed by atoms with E-state index < -0.39 is 0 Å². The van der Waals surface area contributed by atoms with Crippen molar-refractivity contribution in [3.05, 3.63) is 18.5 Å². The van der Waals surface area contributed by atoms with Crippen molar-refractivity contribution in [2.24, 2.45) is 0 Å². The van der Waals surface area contributed by atoms with Gasteiger partial charge in [-0.1, -0.05) is 0 Å². The fourth-order valence-electron chi connectivity index (χ4n) is 0.742. The van der Waals surface area contributed by atoms with Gasteiger partial charge in [0.15, 0.2) is 0 Å². The van der Waals surface area contributed by atoms with Crippen LogP contribution in [0.1, 0.15) is 20.8 Å². The van der Waals surface area contributed by atoms with Gasteiger partial charge in [-0.2, -0.15) is 0 Å². The summed E-state index contributed by atoms with van der Waals surface area (Å²) in [7, 11) is 1.86. The number of rotatable bonds is 2. The molecule has 4 nitrogen and oxygen atoms in total. The zero-order chi connectivity index (χ0) is 12.6. The first-order valence-corrected chi connectivity index (χ1v) is 5.27. The number of pyridine rings is 1. The second kappa shape index (κ2) is 7.11. The van der Waals surface area contributed by atoms with Crippen LogP contribution in [0, 0.1) is 0 Å². The molecule has 0 fully saturated rings. The Morgan fingerprint density at radius 1 is 1.50 bits per heavy atom. The molecule has 90 valence electrons. The van der Waals surface area contributed by atoms with E-state index in [0.29, 0.717) is 6.47 Å². The highest BCUT2D eigenvalue weighted by Gasteiger charge is 2.07. The minimum absolute atomic E-state index is 0.318. The second-order valence-corrected chi connectivity index (χ2v) is 4.45. The summed E-state index contributed by atoms with van der Waals surface area (Å²) in [6.45, 7) is 5.92. The van der Waals surface area contributed by atoms with E-state index in [1.165, 1.54) is 0 Å². The quantitative estimate of drug-likeness (QED) is 0.617. The Balaban J connectivity index is 0.000000293. The molecule has 0 radical (unpaired) electrons. The predicted octanol–water partition coefficient (Wildman–Crippen LogP) is 2.37. The maximum absolute atomic E-state index is 9.60. The summed E-state index contributed by atoms with van der Waals surface area (Å²) >= 11 is 4.15. The van der Waals surface area contributed by atoms with E-state index in [1.54, 1.807) is 12.4 Å². The van der Waals surface area contributed by atoms with Gasteiger partial charge in [0.2, 0.25) is 0 Å². The molecule has 0 spiro atoms. The number of nitrogens with one attached hydrogen (secondary N) is 1. The van der Waals surface area contributed by atoms with Crippen LogP contribution in [0.2, 0.25) is 0 Å². The molecule has 0 aliphatic carbocycles. The van der Waals surface area contributed by atoms with Crippen molar-refractivity contribution < 1.29 is 9.53 Å². The molecule has 1 aromatic rings. The highest BCUT2D eigenvalue weighted by Crippen LogP contribution is 2.15. The molecule has 0 saturated carbocycles. The summed E-state index contributed by atoms with van der Waals surface area (Å²) in [6.07, 6.45) is 3.43. The van der Waals surface area contributed by atoms with E-state index in [1.807, 2.05) is 33.9 Å². The molecule has 0 amide bonds. The third-order valence-electron chi connectivity index (χ3n) is 1.47. The third-order valence-corrected chi connectivity index (χ3v) is 1.83. The predicted molar refractivity (Wildman–Crippen MR) is 67.9 cm³/mol. The summed E-state index contributed by atoms with van der Waals surface area (Å²) in [4.78, 5) is 14.3. The number of hydrogen-bond donors (Lipinski definition) is 2. The lowest BCUT2D eigenvalue weighted by atomic mass is 10.2. The van der Waals surface area contributed by atoms with Crippen molar-refractivity contribution in [3.63, 3.8) is 0 Å². The van der Waals surface area contributed by atoms with Gasteiger partial charge in [-0.25, -0.2) is 0 Å². The van der Waals surface area contributed by atoms with Crippen LogP contribution in [-0.4, -0.2) is 24.1 Å². The van der Waals surface area contributed by atoms with Crippen molar-refractivity contribution >= 4 is 24.8 Å². The number of thiol groups is 1. The smallest absolute Gasteiger partial charge is 0.293 e. The van der Waals surface area contributed by atoms with E-state index in [4.69, 9.17) is 0 Å². The molecule has 0 aliphatic rings. The van der Waals surface area contributed by atoms with E-state index in [-0.39, 0.29) is 5.60 Å². The molecule has 0 unspecified atom stereocenters. The molecule has 0 atom stereocenters. The zero-order valence-corrected chi connectivity index (χ0v) is 10.9. The lowest BCUT2D eigenvalue weighted by Gasteiger charge is -2.14. The SMILES string of the molecule is CC(C)(C)OC=O.CNc1ccncc1S. The Bertz CT molecular complexity index is 324. The van der Waals surface area contributed by atoms with E-state index in [9.17, 15) is 4.79 Å². The van der Waals surface area contributed by atoms with Crippen molar-refractivity contribution in [1.82, 2.24) is 4.98 Å². The van der Waals surface area contributed by atoms with Gasteiger partial charge in [0.1, 0.15) is 5.60 Å². The summed E-state index contributed by atoms with van der Waals surface area (Å²) < 4.78 is 4.55. The third kappa shape index (κ3) is 7.11. The van der Waals surface area contributed by atoms with E-state index in [2.05, 4.69) is 27.7 Å². The second-order valence-electron chi connectivity index (χ2n) is 3.97. The summed E-state index contributed by atoms with van der Waals surface area (Å²) in [5, 5.41) is 2.98. The summed E-state index contributed by atoms with van der Waals surface area (Å²) in [5.74, 6) is 0. The van der Waals surface area contributed by atoms with Gasteiger partial charge < -0.3 is 10.1 Å². The van der Waals surface area contributed by atoms with Crippen molar-refractivity contribution in [1.29, 1.82) is 0 Å². The van der Waals surface area contributed by atoms with Crippen molar-refractivity contribution in [3.8, 4) is 0 Å². The Morgan fingerprint density at radius 2 is 2.12 bits per heavy atom. The number of hydrogen-bond acceptors (Lipinski definition) is 5. The minimum Gasteiger partial charge on any atom is -0.462 e. The van der Waals surface area contributed by atoms with Crippen LogP contribution in [0.25, 0.3) is 0 Å². The maximum Gasteiger partial charge on any atom is 0.293 e. The van der Waals surface area contributed by atoms with E-state index in [0.717, 1.165) is 10.6 Å². The molecule has 1 heterocycles. The number of aromatic nitrogens is 1. The molecular formula is C11H18N2O2S. The number of nitrogens with zero attached hydrogens (tertiary/aromatic N) is 1. The fraction of sp³-hybridized carbons (Fsp3) is 0.455. The first-order valence-electron chi connectivity index (χ1n) is 4.83. The molecule has 0 aromatic carbocycles. The van der Waals surface area contributed by atoms with Gasteiger partial charge >= 0.3 is 0 Å². The van der Waals surface area contributed by atoms with Gasteiger partial charge in [0, 0.05) is 24.3 Å². The van der Waals surface area contributed by atoms with Crippen LogP contribution in [-0.2, 0) is 9.53 Å². The number of ether oxygens (including phenoxy) is 1. The first-order chi connectivity index (χ1) is 7.40. The Labute approximate surface area is 102 Å². The van der Waals surface area contributed by atoms with Gasteiger partial charge in [0.05, 0.1) is 5.69 Å². The molecule has 5 heteroatoms. The Hall–Kier alpha value is -1.23. The highest BCUT2D eigenvalue weighted by molar-refractivity contribution is 7.80. The van der Waals surface area contributed by atoms with Crippen LogP contribution >= 0.6 is 12.6 Å². The fourth-order valence-corrected chi connectivity index (χ4v) is 0.995. The van der Waals surface area contributed by atoms with Crippen molar-refractivity contribution in [2.45, 2.75) is 31.3 Å². The van der Waals surface area contributed by atoms with Crippen LogP contribution in [0.4, 0.5) is 5.69 Å². The van der Waals surface area contributed by atoms with Crippen LogP contribution in [0.15, 0.2) is 23.4 Å². The average molecular weight is 242 g/mol. The highest BCUT2D eigenvalue weighted by atomic mass is 32.1. The lowest BCUT2D eigenvalue weighted by Crippen LogP contribution is -2.17. The Morgan fingerprint density at radius 3 is 2.38 bits per heavy atom. The number of carbonyl (C=O) groups excluding carboxylic acids is 1. The Kier molecular flexibility index (Phi) is 6.56. The van der Waals surface area contributed by atoms with Gasteiger partial charge in [0.25, 0.3) is 6.47 Å². The van der Waals surface area contributed by atoms with Crippen LogP contribution in [0.3, 0.4) is 0 Å². The first kappa shape index (κ1) is 14.8. The van der Waals surface area contributed by atoms with E-state index >= 15 is 0 Å². The summed E-state index contributed by atoms with van der Waals surface area (Å²) in [6, 6.07) is 1.88. The lowest BCUT2D eigenvalue weighted by molar-refractivity contribution is -0.138. The molecule has 1 aromatic heterocycles. The molecule has 0 saturated heterocycles. The maximum atomic E-state index is 9.60. The number of anilines is 1. The van der Waals surface area contributed by atoms with Crippen molar-refractivity contribution in [2.75, 3.05) is 12.4 Å². The minimum atomic E-state index is -0.318. The largest absolute Gasteiger partial charge is 0.462 e. The summed E-state index contributed by atoms with van der Waals surface area (Å²) in [5.41, 5.74) is 0.690. The average Bonchev–Trinajstić information content (AvgIpc) is 2.17. The van der Waals surface area contributed by atoms with Gasteiger partial charge in [-0.15, -0.1) is 12.6 Å². The van der Waals surface area contributed by atoms with Crippen LogP contribution < -0.4 is 5.32 Å². The monoisotopic (exact) mass is 242 g/mol. The van der Waals surface area contributed by atoms with Gasteiger partial charge in [-0.3, -0.25) is 9.78 Å². The van der Waals surface area contributed by atoms with Crippen LogP contribution in [0.5, 0.6) is 0 Å². The zero-order valence-electron chi connectivity index (χ0n) is 10.0. The topological polar surface area (TPSA) is 51.2 Å². The van der Waals surface area contributed by atoms with Gasteiger partial charge in [-0.05, 0) is 26.8 Å². The number of carbonyl (C=O) groups is 1. The normalized spacial score (nSPS) is 9.81.